The van der Waals surface area contributed by atoms with E-state index in [0.29, 0.717) is 6.61 Å². The Balaban J connectivity index is 1.67. The minimum absolute atomic E-state index is 0.500. The van der Waals surface area contributed by atoms with Crippen molar-refractivity contribution in [3.05, 3.63) is 58.1 Å². The highest BCUT2D eigenvalue weighted by Gasteiger charge is 2.12. The van der Waals surface area contributed by atoms with Crippen molar-refractivity contribution in [1.82, 2.24) is 10.2 Å². The summed E-state index contributed by atoms with van der Waals surface area (Å²) in [6.45, 7) is 5.79. The normalized spacial score (nSPS) is 15.2. The summed E-state index contributed by atoms with van der Waals surface area (Å²) in [6.07, 6.45) is 0. The number of rotatable bonds is 6. The molecule has 1 saturated heterocycles. The van der Waals surface area contributed by atoms with Crippen LogP contribution in [-0.2, 0) is 13.2 Å². The Labute approximate surface area is 151 Å². The number of hydrogen-bond acceptors (Lipinski definition) is 4. The van der Waals surface area contributed by atoms with Crippen molar-refractivity contribution < 1.29 is 9.47 Å². The third kappa shape index (κ3) is 4.72. The van der Waals surface area contributed by atoms with Gasteiger partial charge in [-0.25, -0.2) is 0 Å². The largest absolute Gasteiger partial charge is 0.496 e. The zero-order valence-corrected chi connectivity index (χ0v) is 15.5. The third-order valence-electron chi connectivity index (χ3n) is 4.17. The lowest BCUT2D eigenvalue weighted by atomic mass is 10.1. The molecule has 5 heteroatoms. The fraction of sp³-hybridized carbons (Fsp3) is 0.368. The van der Waals surface area contributed by atoms with Gasteiger partial charge in [0.15, 0.2) is 0 Å². The van der Waals surface area contributed by atoms with Gasteiger partial charge in [-0.15, -0.1) is 0 Å². The molecule has 1 aliphatic heterocycles. The standard InChI is InChI=1S/C19H23BrN2O2/c1-23-19-7-2-15(13-22-10-8-21-9-11-22)12-16(19)14-24-18-5-3-17(20)4-6-18/h2-7,12,21H,8-11,13-14H2,1H3. The Morgan fingerprint density at radius 2 is 1.83 bits per heavy atom. The minimum atomic E-state index is 0.500. The highest BCUT2D eigenvalue weighted by molar-refractivity contribution is 9.10. The fourth-order valence-corrected chi connectivity index (χ4v) is 3.13. The number of hydrogen-bond donors (Lipinski definition) is 1. The van der Waals surface area contributed by atoms with Crippen LogP contribution in [0.4, 0.5) is 0 Å². The molecule has 1 fully saturated rings. The number of benzene rings is 2. The van der Waals surface area contributed by atoms with Crippen molar-refractivity contribution in [3.63, 3.8) is 0 Å². The van der Waals surface area contributed by atoms with E-state index in [-0.39, 0.29) is 0 Å². The van der Waals surface area contributed by atoms with Gasteiger partial charge in [-0.1, -0.05) is 22.0 Å². The number of methoxy groups -OCH3 is 1. The highest BCUT2D eigenvalue weighted by atomic mass is 79.9. The zero-order valence-electron chi connectivity index (χ0n) is 13.9. The number of piperazine rings is 1. The first-order valence-corrected chi connectivity index (χ1v) is 9.01. The van der Waals surface area contributed by atoms with Gasteiger partial charge in [0.2, 0.25) is 0 Å². The van der Waals surface area contributed by atoms with Gasteiger partial charge < -0.3 is 14.8 Å². The molecule has 0 aromatic heterocycles. The Kier molecular flexibility index (Phi) is 6.12. The van der Waals surface area contributed by atoms with Gasteiger partial charge in [-0.05, 0) is 42.0 Å². The van der Waals surface area contributed by atoms with Crippen LogP contribution in [0.15, 0.2) is 46.9 Å². The van der Waals surface area contributed by atoms with E-state index in [2.05, 4.69) is 38.3 Å². The summed E-state index contributed by atoms with van der Waals surface area (Å²) in [5.74, 6) is 1.73. The van der Waals surface area contributed by atoms with E-state index in [9.17, 15) is 0 Å². The van der Waals surface area contributed by atoms with Crippen LogP contribution < -0.4 is 14.8 Å². The van der Waals surface area contributed by atoms with Crippen LogP contribution in [0.5, 0.6) is 11.5 Å². The van der Waals surface area contributed by atoms with Crippen molar-refractivity contribution in [2.24, 2.45) is 0 Å². The van der Waals surface area contributed by atoms with Crippen LogP contribution in [0, 0.1) is 0 Å². The second-order valence-corrected chi connectivity index (χ2v) is 6.83. The van der Waals surface area contributed by atoms with Crippen LogP contribution in [0.1, 0.15) is 11.1 Å². The minimum Gasteiger partial charge on any atom is -0.496 e. The Hall–Kier alpha value is -1.56. The lowest BCUT2D eigenvalue weighted by Gasteiger charge is -2.27. The van der Waals surface area contributed by atoms with E-state index in [4.69, 9.17) is 9.47 Å². The summed E-state index contributed by atoms with van der Waals surface area (Å²) >= 11 is 3.44. The molecule has 1 heterocycles. The van der Waals surface area contributed by atoms with Crippen molar-refractivity contribution in [3.8, 4) is 11.5 Å². The van der Waals surface area contributed by atoms with Crippen molar-refractivity contribution in [2.45, 2.75) is 13.2 Å². The molecule has 2 aromatic carbocycles. The fourth-order valence-electron chi connectivity index (χ4n) is 2.86. The monoisotopic (exact) mass is 390 g/mol. The van der Waals surface area contributed by atoms with Gasteiger partial charge in [-0.2, -0.15) is 0 Å². The quantitative estimate of drug-likeness (QED) is 0.818. The first kappa shape index (κ1) is 17.3. The van der Waals surface area contributed by atoms with E-state index >= 15 is 0 Å². The Morgan fingerprint density at radius 3 is 2.54 bits per heavy atom. The van der Waals surface area contributed by atoms with Gasteiger partial charge >= 0.3 is 0 Å². The molecule has 0 spiro atoms. The molecule has 1 aliphatic rings. The molecule has 0 atom stereocenters. The topological polar surface area (TPSA) is 33.7 Å². The third-order valence-corrected chi connectivity index (χ3v) is 4.70. The number of nitrogens with zero attached hydrogens (tertiary/aromatic N) is 1. The number of ether oxygens (including phenoxy) is 2. The first-order valence-electron chi connectivity index (χ1n) is 8.22. The second-order valence-electron chi connectivity index (χ2n) is 5.91. The molecule has 4 nitrogen and oxygen atoms in total. The molecule has 3 rings (SSSR count). The van der Waals surface area contributed by atoms with Gasteiger partial charge in [0.1, 0.15) is 18.1 Å². The van der Waals surface area contributed by atoms with Crippen molar-refractivity contribution in [2.75, 3.05) is 33.3 Å². The lowest BCUT2D eigenvalue weighted by molar-refractivity contribution is 0.232. The summed E-state index contributed by atoms with van der Waals surface area (Å²) < 4.78 is 12.4. The molecule has 0 bridgehead atoms. The molecular weight excluding hydrogens is 368 g/mol. The second kappa shape index (κ2) is 8.51. The summed E-state index contributed by atoms with van der Waals surface area (Å²) in [5.41, 5.74) is 2.38. The molecule has 0 aliphatic carbocycles. The predicted molar refractivity (Wildman–Crippen MR) is 99.6 cm³/mol. The summed E-state index contributed by atoms with van der Waals surface area (Å²) in [7, 11) is 1.70. The van der Waals surface area contributed by atoms with E-state index in [1.54, 1.807) is 7.11 Å². The lowest BCUT2D eigenvalue weighted by Crippen LogP contribution is -2.42. The Bertz CT molecular complexity index is 655. The predicted octanol–water partition coefficient (Wildman–Crippen LogP) is 3.44. The maximum absolute atomic E-state index is 5.91. The zero-order chi connectivity index (χ0) is 16.8. The summed E-state index contributed by atoms with van der Waals surface area (Å²) in [6, 6.07) is 14.3. The Morgan fingerprint density at radius 1 is 1.08 bits per heavy atom. The molecule has 24 heavy (non-hydrogen) atoms. The molecule has 1 N–H and O–H groups in total. The van der Waals surface area contributed by atoms with Crippen LogP contribution >= 0.6 is 15.9 Å². The molecular formula is C19H23BrN2O2. The van der Waals surface area contributed by atoms with Crippen molar-refractivity contribution in [1.29, 1.82) is 0 Å². The van der Waals surface area contributed by atoms with Gasteiger partial charge in [0.25, 0.3) is 0 Å². The average molecular weight is 391 g/mol. The molecule has 2 aromatic rings. The van der Waals surface area contributed by atoms with Crippen LogP contribution in [-0.4, -0.2) is 38.2 Å². The number of nitrogens with one attached hydrogen (secondary N) is 1. The van der Waals surface area contributed by atoms with E-state index in [1.807, 2.05) is 30.3 Å². The average Bonchev–Trinajstić information content (AvgIpc) is 2.62. The maximum Gasteiger partial charge on any atom is 0.125 e. The SMILES string of the molecule is COc1ccc(CN2CCNCC2)cc1COc1ccc(Br)cc1. The smallest absolute Gasteiger partial charge is 0.125 e. The molecule has 0 radical (unpaired) electrons. The molecule has 128 valence electrons. The van der Waals surface area contributed by atoms with E-state index in [0.717, 1.165) is 54.3 Å². The first-order chi connectivity index (χ1) is 11.7. The molecule has 0 amide bonds. The van der Waals surface area contributed by atoms with E-state index < -0.39 is 0 Å². The van der Waals surface area contributed by atoms with Gasteiger partial charge in [0, 0.05) is 42.8 Å². The van der Waals surface area contributed by atoms with Crippen LogP contribution in [0.2, 0.25) is 0 Å². The number of halogens is 1. The van der Waals surface area contributed by atoms with Crippen molar-refractivity contribution >= 4 is 15.9 Å². The molecule has 0 unspecified atom stereocenters. The van der Waals surface area contributed by atoms with Gasteiger partial charge in [0.05, 0.1) is 7.11 Å². The van der Waals surface area contributed by atoms with E-state index in [1.165, 1.54) is 5.56 Å². The highest BCUT2D eigenvalue weighted by Crippen LogP contribution is 2.24. The molecule has 0 saturated carbocycles. The summed E-state index contributed by atoms with van der Waals surface area (Å²) in [4.78, 5) is 2.47. The van der Waals surface area contributed by atoms with Crippen LogP contribution in [0.3, 0.4) is 0 Å². The summed E-state index contributed by atoms with van der Waals surface area (Å²) in [5, 5.41) is 3.39. The maximum atomic E-state index is 5.91. The van der Waals surface area contributed by atoms with Crippen LogP contribution in [0.25, 0.3) is 0 Å². The van der Waals surface area contributed by atoms with Gasteiger partial charge in [-0.3, -0.25) is 4.90 Å².